The Morgan fingerprint density at radius 1 is 1.62 bits per heavy atom. The van der Waals surface area contributed by atoms with Crippen LogP contribution in [0.1, 0.15) is 33.6 Å². The molecule has 1 aliphatic heterocycles. The minimum absolute atomic E-state index is 0.187. The fourth-order valence-electron chi connectivity index (χ4n) is 0.976. The lowest BCUT2D eigenvalue weighted by Gasteiger charge is -2.03. The molecule has 0 saturated heterocycles. The summed E-state index contributed by atoms with van der Waals surface area (Å²) in [6.45, 7) is 6.11. The Morgan fingerprint density at radius 2 is 2.25 bits per heavy atom. The van der Waals surface area contributed by atoms with Crippen LogP contribution in [-0.4, -0.2) is 29.4 Å². The number of hydrogen-bond acceptors (Lipinski definition) is 5. The third kappa shape index (κ3) is 5.76. The van der Waals surface area contributed by atoms with Gasteiger partial charge in [-0.05, 0) is 13.3 Å². The maximum absolute atomic E-state index is 11.2. The van der Waals surface area contributed by atoms with Crippen LogP contribution in [0, 0.1) is 11.3 Å². The third-order valence-electron chi connectivity index (χ3n) is 1.73. The van der Waals surface area contributed by atoms with Gasteiger partial charge >= 0.3 is 5.97 Å². The Hall–Kier alpha value is -1.02. The lowest BCUT2D eigenvalue weighted by molar-refractivity contribution is -0.143. The molecule has 0 amide bonds. The van der Waals surface area contributed by atoms with E-state index >= 15 is 0 Å². The fourth-order valence-corrected chi connectivity index (χ4v) is 1.94. The van der Waals surface area contributed by atoms with Crippen LogP contribution >= 0.6 is 11.8 Å². The molecule has 0 saturated carbocycles. The molecule has 0 aliphatic carbocycles. The normalized spacial score (nSPS) is 17.9. The molecule has 1 aliphatic rings. The number of carbonyl (C=O) groups is 1. The van der Waals surface area contributed by atoms with Gasteiger partial charge in [-0.25, -0.2) is 4.79 Å². The first-order valence-electron chi connectivity index (χ1n) is 5.42. The van der Waals surface area contributed by atoms with Crippen molar-refractivity contribution in [2.45, 2.75) is 39.7 Å². The van der Waals surface area contributed by atoms with Gasteiger partial charge < -0.3 is 4.74 Å². The maximum Gasteiger partial charge on any atom is 0.331 e. The summed E-state index contributed by atoms with van der Waals surface area (Å²) in [6.07, 6.45) is 1.54. The van der Waals surface area contributed by atoms with Crippen LogP contribution in [0.5, 0.6) is 0 Å². The van der Waals surface area contributed by atoms with Gasteiger partial charge in [0.2, 0.25) is 0 Å². The smallest absolute Gasteiger partial charge is 0.331 e. The molecule has 0 aromatic rings. The number of nitriles is 1. The van der Waals surface area contributed by atoms with Crippen molar-refractivity contribution in [3.63, 3.8) is 0 Å². The van der Waals surface area contributed by atoms with Crippen LogP contribution in [0.15, 0.2) is 4.99 Å². The van der Waals surface area contributed by atoms with Gasteiger partial charge in [-0.2, -0.15) is 5.26 Å². The molecule has 0 spiro atoms. The lowest BCUT2D eigenvalue weighted by atomic mass is 10.3. The second-order valence-corrected chi connectivity index (χ2v) is 4.06. The lowest BCUT2D eigenvalue weighted by Crippen LogP contribution is -2.21. The average Bonchev–Trinajstić information content (AvgIpc) is 2.78. The van der Waals surface area contributed by atoms with Crippen LogP contribution in [0.4, 0.5) is 0 Å². The van der Waals surface area contributed by atoms with Crippen LogP contribution in [0.2, 0.25) is 0 Å². The summed E-state index contributed by atoms with van der Waals surface area (Å²) in [7, 11) is 0. The number of hydrogen-bond donors (Lipinski definition) is 0. The summed E-state index contributed by atoms with van der Waals surface area (Å²) in [5.74, 6) is 0.565. The van der Waals surface area contributed by atoms with Gasteiger partial charge in [-0.1, -0.05) is 13.8 Å². The van der Waals surface area contributed by atoms with Gasteiger partial charge in [0.1, 0.15) is 0 Å². The second kappa shape index (κ2) is 9.22. The summed E-state index contributed by atoms with van der Waals surface area (Å²) in [6, 6.07) is 1.69. The fraction of sp³-hybridized carbons (Fsp3) is 0.727. The van der Waals surface area contributed by atoms with E-state index in [1.807, 2.05) is 26.8 Å². The zero-order chi connectivity index (χ0) is 12.4. The SMILES string of the molecule is CCC#N.CCOC(=O)[C@@H]1CSC(CC)=N1. The Kier molecular flexibility index (Phi) is 8.64. The summed E-state index contributed by atoms with van der Waals surface area (Å²) >= 11 is 1.65. The number of rotatable bonds is 3. The van der Waals surface area contributed by atoms with Crippen LogP contribution < -0.4 is 0 Å². The monoisotopic (exact) mass is 242 g/mol. The van der Waals surface area contributed by atoms with E-state index in [4.69, 9.17) is 10.00 Å². The van der Waals surface area contributed by atoms with E-state index in [0.717, 1.165) is 17.2 Å². The molecule has 0 bridgehead atoms. The summed E-state index contributed by atoms with van der Waals surface area (Å²) in [5.41, 5.74) is 0. The van der Waals surface area contributed by atoms with E-state index in [2.05, 4.69) is 4.99 Å². The molecule has 90 valence electrons. The van der Waals surface area contributed by atoms with Crippen molar-refractivity contribution in [3.8, 4) is 6.07 Å². The van der Waals surface area contributed by atoms with E-state index in [9.17, 15) is 4.79 Å². The summed E-state index contributed by atoms with van der Waals surface area (Å²) in [4.78, 5) is 15.4. The highest BCUT2D eigenvalue weighted by Crippen LogP contribution is 2.20. The quantitative estimate of drug-likeness (QED) is 0.713. The molecule has 0 aromatic heterocycles. The molecule has 4 nitrogen and oxygen atoms in total. The van der Waals surface area contributed by atoms with E-state index in [1.165, 1.54) is 0 Å². The molecule has 1 heterocycles. The Labute approximate surface area is 101 Å². The summed E-state index contributed by atoms with van der Waals surface area (Å²) in [5, 5.41) is 8.69. The third-order valence-corrected chi connectivity index (χ3v) is 2.94. The first-order valence-corrected chi connectivity index (χ1v) is 6.41. The first-order chi connectivity index (χ1) is 7.69. The minimum atomic E-state index is -0.245. The predicted octanol–water partition coefficient (Wildman–Crippen LogP) is 2.39. The van der Waals surface area contributed by atoms with Gasteiger partial charge in [0.15, 0.2) is 6.04 Å². The van der Waals surface area contributed by atoms with E-state index in [1.54, 1.807) is 11.8 Å². The molecular weight excluding hydrogens is 224 g/mol. The number of ether oxygens (including phenoxy) is 1. The van der Waals surface area contributed by atoms with Crippen molar-refractivity contribution in [2.75, 3.05) is 12.4 Å². The molecule has 0 radical (unpaired) electrons. The van der Waals surface area contributed by atoms with Crippen LogP contribution in [0.3, 0.4) is 0 Å². The van der Waals surface area contributed by atoms with E-state index in [-0.39, 0.29) is 12.0 Å². The largest absolute Gasteiger partial charge is 0.464 e. The number of aliphatic imine (C=N–C) groups is 1. The molecule has 16 heavy (non-hydrogen) atoms. The van der Waals surface area contributed by atoms with Gasteiger partial charge in [0.25, 0.3) is 0 Å². The van der Waals surface area contributed by atoms with Crippen molar-refractivity contribution in [1.82, 2.24) is 0 Å². The van der Waals surface area contributed by atoms with E-state index in [0.29, 0.717) is 13.0 Å². The number of carbonyl (C=O) groups excluding carboxylic acids is 1. The highest BCUT2D eigenvalue weighted by molar-refractivity contribution is 8.14. The molecule has 0 aromatic carbocycles. The highest BCUT2D eigenvalue weighted by atomic mass is 32.2. The zero-order valence-corrected chi connectivity index (χ0v) is 10.8. The standard InChI is InChI=1S/C8H13NO2S.C3H5N/c1-3-7-9-6(5-12-7)8(10)11-4-2;1-2-3-4/h6H,3-5H2,1-2H3;2H2,1H3/t6-;/m0./s1. The second-order valence-electron chi connectivity index (χ2n) is 2.97. The Balaban J connectivity index is 0.000000487. The van der Waals surface area contributed by atoms with Crippen molar-refractivity contribution in [3.05, 3.63) is 0 Å². The molecular formula is C11H18N2O2S. The van der Waals surface area contributed by atoms with Crippen molar-refractivity contribution < 1.29 is 9.53 Å². The molecule has 5 heteroatoms. The highest BCUT2D eigenvalue weighted by Gasteiger charge is 2.24. The molecule has 1 rings (SSSR count). The molecule has 1 atom stereocenters. The predicted molar refractivity (Wildman–Crippen MR) is 66.5 cm³/mol. The van der Waals surface area contributed by atoms with Gasteiger partial charge in [-0.15, -0.1) is 11.8 Å². The van der Waals surface area contributed by atoms with E-state index < -0.39 is 0 Å². The van der Waals surface area contributed by atoms with Crippen LogP contribution in [-0.2, 0) is 9.53 Å². The van der Waals surface area contributed by atoms with Gasteiger partial charge in [-0.3, -0.25) is 4.99 Å². The number of esters is 1. The number of nitrogens with zero attached hydrogens (tertiary/aromatic N) is 2. The molecule has 0 N–H and O–H groups in total. The topological polar surface area (TPSA) is 62.4 Å². The molecule has 0 fully saturated rings. The Morgan fingerprint density at radius 3 is 2.62 bits per heavy atom. The maximum atomic E-state index is 11.2. The van der Waals surface area contributed by atoms with Crippen molar-refractivity contribution >= 4 is 22.8 Å². The summed E-state index contributed by atoms with van der Waals surface area (Å²) < 4.78 is 4.86. The van der Waals surface area contributed by atoms with Crippen molar-refractivity contribution in [2.24, 2.45) is 4.99 Å². The first kappa shape index (κ1) is 15.0. The van der Waals surface area contributed by atoms with Crippen LogP contribution in [0.25, 0.3) is 0 Å². The minimum Gasteiger partial charge on any atom is -0.464 e. The zero-order valence-electron chi connectivity index (χ0n) is 10.0. The van der Waals surface area contributed by atoms with Crippen molar-refractivity contribution in [1.29, 1.82) is 5.26 Å². The number of thioether (sulfide) groups is 1. The Bertz CT molecular complexity index is 284. The molecule has 0 unspecified atom stereocenters. The van der Waals surface area contributed by atoms with Gasteiger partial charge in [0, 0.05) is 12.2 Å². The average molecular weight is 242 g/mol. The van der Waals surface area contributed by atoms with Gasteiger partial charge in [0.05, 0.1) is 17.7 Å².